The highest BCUT2D eigenvalue weighted by molar-refractivity contribution is 5.86. The summed E-state index contributed by atoms with van der Waals surface area (Å²) in [6.07, 6.45) is -4.94. The van der Waals surface area contributed by atoms with Gasteiger partial charge in [-0.1, -0.05) is 0 Å². The van der Waals surface area contributed by atoms with E-state index in [1.54, 1.807) is 0 Å². The Balaban J connectivity index is 2.26. The van der Waals surface area contributed by atoms with Crippen LogP contribution in [0.15, 0.2) is 24.3 Å². The highest BCUT2D eigenvalue weighted by Crippen LogP contribution is 2.40. The lowest BCUT2D eigenvalue weighted by Gasteiger charge is -2.23. The molecule has 24 heavy (non-hydrogen) atoms. The topological polar surface area (TPSA) is 57.6 Å². The largest absolute Gasteiger partial charge is 0.481 e. The van der Waals surface area contributed by atoms with Crippen molar-refractivity contribution in [3.05, 3.63) is 35.6 Å². The molecule has 1 aromatic rings. The van der Waals surface area contributed by atoms with Crippen LogP contribution in [-0.4, -0.2) is 41.1 Å². The van der Waals surface area contributed by atoms with Crippen LogP contribution in [-0.2, 0) is 15.5 Å². The number of alkyl halides is 5. The Morgan fingerprint density at radius 2 is 1.58 bits per heavy atom. The maximum Gasteiger partial charge on any atom is 0.394 e. The van der Waals surface area contributed by atoms with E-state index in [2.05, 4.69) is 0 Å². The van der Waals surface area contributed by atoms with Gasteiger partial charge >= 0.3 is 18.1 Å². The molecule has 4 nitrogen and oxygen atoms in total. The Morgan fingerprint density at radius 1 is 1.04 bits per heavy atom. The average Bonchev–Trinajstić information content (AvgIpc) is 2.92. The van der Waals surface area contributed by atoms with Crippen molar-refractivity contribution in [1.82, 2.24) is 4.90 Å². The van der Waals surface area contributed by atoms with Gasteiger partial charge in [0.05, 0.1) is 11.8 Å². The Hall–Kier alpha value is -2.26. The molecule has 1 amide bonds. The van der Waals surface area contributed by atoms with Gasteiger partial charge in [-0.2, -0.15) is 22.0 Å². The molecule has 0 aliphatic carbocycles. The lowest BCUT2D eigenvalue weighted by molar-refractivity contribution is -0.188. The number of rotatable bonds is 3. The minimum atomic E-state index is -4.94. The van der Waals surface area contributed by atoms with Crippen LogP contribution in [0.1, 0.15) is 5.56 Å². The summed E-state index contributed by atoms with van der Waals surface area (Å²) in [5, 5.41) is 8.83. The molecule has 1 saturated heterocycles. The first-order chi connectivity index (χ1) is 10.9. The summed E-state index contributed by atoms with van der Waals surface area (Å²) < 4.78 is 79.6. The van der Waals surface area contributed by atoms with Crippen LogP contribution < -0.4 is 0 Å². The Labute approximate surface area is 131 Å². The van der Waals surface area contributed by atoms with Crippen LogP contribution in [0.4, 0.5) is 26.3 Å². The van der Waals surface area contributed by atoms with E-state index in [0.717, 1.165) is 0 Å². The van der Waals surface area contributed by atoms with Gasteiger partial charge in [0.2, 0.25) is 0 Å². The first-order valence-corrected chi connectivity index (χ1v) is 6.67. The average molecular weight is 355 g/mol. The van der Waals surface area contributed by atoms with Crippen molar-refractivity contribution in [2.75, 3.05) is 13.1 Å². The SMILES string of the molecule is O=C(O)[C@@H]1CN(C(=O)C(F)(F)c2ccc(F)cc2)C[C@H]1C(F)(F)F. The number of hydrogen-bond acceptors (Lipinski definition) is 2. The zero-order valence-electron chi connectivity index (χ0n) is 11.9. The molecule has 132 valence electrons. The van der Waals surface area contributed by atoms with Gasteiger partial charge in [0.15, 0.2) is 0 Å². The number of carbonyl (C=O) groups excluding carboxylic acids is 1. The van der Waals surface area contributed by atoms with Crippen LogP contribution in [0, 0.1) is 17.7 Å². The zero-order valence-corrected chi connectivity index (χ0v) is 11.9. The minimum absolute atomic E-state index is 0.181. The fraction of sp³-hybridized carbons (Fsp3) is 0.429. The first-order valence-electron chi connectivity index (χ1n) is 6.67. The normalized spacial score (nSPS) is 21.8. The lowest BCUT2D eigenvalue weighted by Crippen LogP contribution is -2.41. The lowest BCUT2D eigenvalue weighted by atomic mass is 9.96. The van der Waals surface area contributed by atoms with Crippen LogP contribution in [0.3, 0.4) is 0 Å². The molecule has 2 rings (SSSR count). The molecule has 0 saturated carbocycles. The predicted molar refractivity (Wildman–Crippen MR) is 67.5 cm³/mol. The van der Waals surface area contributed by atoms with E-state index >= 15 is 0 Å². The van der Waals surface area contributed by atoms with E-state index in [9.17, 15) is 35.9 Å². The summed E-state index contributed by atoms with van der Waals surface area (Å²) in [6, 6.07) is 2.64. The summed E-state index contributed by atoms with van der Waals surface area (Å²) in [6.45, 7) is -2.15. The second-order valence-corrected chi connectivity index (χ2v) is 5.38. The Bertz CT molecular complexity index is 643. The fourth-order valence-corrected chi connectivity index (χ4v) is 2.53. The second kappa shape index (κ2) is 5.99. The van der Waals surface area contributed by atoms with Crippen LogP contribution >= 0.6 is 0 Å². The molecule has 1 heterocycles. The molecule has 1 fully saturated rings. The number of carboxylic acid groups (broad SMARTS) is 1. The number of nitrogens with zero attached hydrogens (tertiary/aromatic N) is 1. The molecule has 0 spiro atoms. The molecule has 0 radical (unpaired) electrons. The standard InChI is InChI=1S/C14H11F6NO3/c15-8-3-1-7(2-4-8)13(16,17)12(24)21-5-9(11(22)23)10(6-21)14(18,19)20/h1-4,9-10H,5-6H2,(H,22,23)/t9-,10-/m1/s1. The van der Waals surface area contributed by atoms with Crippen LogP contribution in [0.5, 0.6) is 0 Å². The molecule has 1 aromatic carbocycles. The van der Waals surface area contributed by atoms with Crippen molar-refractivity contribution in [2.45, 2.75) is 12.1 Å². The maximum atomic E-state index is 14.1. The third-order valence-corrected chi connectivity index (χ3v) is 3.82. The zero-order chi connectivity index (χ0) is 18.3. The maximum absolute atomic E-state index is 14.1. The van der Waals surface area contributed by atoms with Gasteiger partial charge in [-0.05, 0) is 24.3 Å². The number of aliphatic carboxylic acids is 1. The quantitative estimate of drug-likeness (QED) is 0.848. The molecule has 0 aromatic heterocycles. The van der Waals surface area contributed by atoms with E-state index in [4.69, 9.17) is 5.11 Å². The summed E-state index contributed by atoms with van der Waals surface area (Å²) >= 11 is 0. The second-order valence-electron chi connectivity index (χ2n) is 5.38. The molecular weight excluding hydrogens is 344 g/mol. The van der Waals surface area contributed by atoms with Gasteiger partial charge in [-0.15, -0.1) is 0 Å². The van der Waals surface area contributed by atoms with Gasteiger partial charge in [0.1, 0.15) is 5.82 Å². The van der Waals surface area contributed by atoms with Crippen molar-refractivity contribution in [1.29, 1.82) is 0 Å². The van der Waals surface area contributed by atoms with Gasteiger partial charge in [0.25, 0.3) is 5.91 Å². The van der Waals surface area contributed by atoms with Gasteiger partial charge < -0.3 is 10.0 Å². The predicted octanol–water partition coefficient (Wildman–Crippen LogP) is 2.64. The number of carbonyl (C=O) groups is 2. The van der Waals surface area contributed by atoms with E-state index in [1.807, 2.05) is 0 Å². The van der Waals surface area contributed by atoms with Crippen molar-refractivity contribution < 1.29 is 41.0 Å². The van der Waals surface area contributed by atoms with Crippen LogP contribution in [0.25, 0.3) is 0 Å². The first kappa shape index (κ1) is 18.1. The summed E-state index contributed by atoms with van der Waals surface area (Å²) in [7, 11) is 0. The van der Waals surface area contributed by atoms with Gasteiger partial charge in [-0.25, -0.2) is 4.39 Å². The van der Waals surface area contributed by atoms with E-state index in [0.29, 0.717) is 24.3 Å². The van der Waals surface area contributed by atoms with E-state index < -0.39 is 60.3 Å². The van der Waals surface area contributed by atoms with Crippen molar-refractivity contribution in [3.63, 3.8) is 0 Å². The number of hydrogen-bond donors (Lipinski definition) is 1. The number of halogens is 6. The highest BCUT2D eigenvalue weighted by Gasteiger charge is 2.56. The summed E-state index contributed by atoms with van der Waals surface area (Å²) in [4.78, 5) is 23.0. The smallest absolute Gasteiger partial charge is 0.394 e. The van der Waals surface area contributed by atoms with Crippen molar-refractivity contribution in [2.24, 2.45) is 11.8 Å². The molecule has 1 N–H and O–H groups in total. The molecule has 2 atom stereocenters. The van der Waals surface area contributed by atoms with E-state index in [1.165, 1.54) is 0 Å². The molecule has 10 heteroatoms. The van der Waals surface area contributed by atoms with Gasteiger partial charge in [0, 0.05) is 18.7 Å². The third-order valence-electron chi connectivity index (χ3n) is 3.82. The highest BCUT2D eigenvalue weighted by atomic mass is 19.4. The summed E-state index contributed by atoms with van der Waals surface area (Å²) in [5.41, 5.74) is -0.892. The minimum Gasteiger partial charge on any atom is -0.481 e. The Kier molecular flexibility index (Phi) is 4.51. The van der Waals surface area contributed by atoms with Gasteiger partial charge in [-0.3, -0.25) is 9.59 Å². The number of amides is 1. The number of benzene rings is 1. The molecular formula is C14H11F6NO3. The van der Waals surface area contributed by atoms with Crippen molar-refractivity contribution >= 4 is 11.9 Å². The van der Waals surface area contributed by atoms with E-state index in [-0.39, 0.29) is 4.90 Å². The summed E-state index contributed by atoms with van der Waals surface area (Å²) in [5.74, 6) is -13.2. The molecule has 1 aliphatic rings. The molecule has 0 bridgehead atoms. The third kappa shape index (κ3) is 3.31. The Morgan fingerprint density at radius 3 is 2.00 bits per heavy atom. The number of carboxylic acids is 1. The molecule has 0 unspecified atom stereocenters. The number of likely N-dealkylation sites (tertiary alicyclic amines) is 1. The van der Waals surface area contributed by atoms with Crippen molar-refractivity contribution in [3.8, 4) is 0 Å². The monoisotopic (exact) mass is 355 g/mol. The fourth-order valence-electron chi connectivity index (χ4n) is 2.53. The molecule has 1 aliphatic heterocycles. The van der Waals surface area contributed by atoms with Crippen LogP contribution in [0.2, 0.25) is 0 Å².